The first-order valence-electron chi connectivity index (χ1n) is 6.50. The maximum atomic E-state index is 11.7. The van der Waals surface area contributed by atoms with Crippen LogP contribution < -0.4 is 5.32 Å². The van der Waals surface area contributed by atoms with Gasteiger partial charge in [-0.05, 0) is 51.9 Å². The fraction of sp³-hybridized carbons (Fsp3) is 0.846. The van der Waals surface area contributed by atoms with Crippen LogP contribution in [0.4, 0.5) is 4.79 Å². The van der Waals surface area contributed by atoms with Gasteiger partial charge in [-0.3, -0.25) is 4.79 Å². The Morgan fingerprint density at radius 1 is 1.22 bits per heavy atom. The number of hydrogen-bond acceptors (Lipinski definition) is 3. The summed E-state index contributed by atoms with van der Waals surface area (Å²) in [4.78, 5) is 23.0. The van der Waals surface area contributed by atoms with E-state index >= 15 is 0 Å². The first-order chi connectivity index (χ1) is 8.28. The first kappa shape index (κ1) is 13.2. The van der Waals surface area contributed by atoms with Crippen LogP contribution in [0.5, 0.6) is 0 Å². The molecule has 0 heterocycles. The summed E-state index contributed by atoms with van der Waals surface area (Å²) in [6.07, 6.45) is 2.38. The highest BCUT2D eigenvalue weighted by molar-refractivity contribution is 5.75. The van der Waals surface area contributed by atoms with Crippen LogP contribution >= 0.6 is 0 Å². The van der Waals surface area contributed by atoms with Gasteiger partial charge in [0.15, 0.2) is 0 Å². The van der Waals surface area contributed by atoms with E-state index in [1.165, 1.54) is 0 Å². The normalized spacial score (nSPS) is 34.4. The summed E-state index contributed by atoms with van der Waals surface area (Å²) in [6, 6.07) is -0.268. The fourth-order valence-corrected chi connectivity index (χ4v) is 3.30. The van der Waals surface area contributed by atoms with Crippen LogP contribution in [0.25, 0.3) is 0 Å². The molecule has 2 aliphatic carbocycles. The number of carbonyl (C=O) groups is 2. The van der Waals surface area contributed by atoms with Gasteiger partial charge in [0, 0.05) is 6.04 Å². The maximum absolute atomic E-state index is 11.7. The monoisotopic (exact) mass is 255 g/mol. The molecule has 0 aromatic heterocycles. The van der Waals surface area contributed by atoms with Crippen molar-refractivity contribution in [1.29, 1.82) is 0 Å². The van der Waals surface area contributed by atoms with Gasteiger partial charge in [0.2, 0.25) is 0 Å². The first-order valence-corrected chi connectivity index (χ1v) is 6.50. The van der Waals surface area contributed by atoms with Crippen molar-refractivity contribution in [2.45, 2.75) is 51.7 Å². The summed E-state index contributed by atoms with van der Waals surface area (Å²) in [7, 11) is 0. The van der Waals surface area contributed by atoms with Gasteiger partial charge in [0.1, 0.15) is 5.60 Å². The lowest BCUT2D eigenvalue weighted by Crippen LogP contribution is -2.48. The lowest BCUT2D eigenvalue weighted by Gasteiger charge is -2.30. The Kier molecular flexibility index (Phi) is 3.25. The minimum atomic E-state index is -0.803. The van der Waals surface area contributed by atoms with Gasteiger partial charge in [-0.1, -0.05) is 0 Å². The molecule has 2 saturated carbocycles. The van der Waals surface area contributed by atoms with E-state index in [1.54, 1.807) is 20.8 Å². The third-order valence-electron chi connectivity index (χ3n) is 3.88. The molecular formula is C13H21NO4. The molecule has 0 saturated heterocycles. The van der Waals surface area contributed by atoms with Gasteiger partial charge in [-0.25, -0.2) is 4.79 Å². The molecule has 18 heavy (non-hydrogen) atoms. The molecule has 0 aromatic carbocycles. The highest BCUT2D eigenvalue weighted by Gasteiger charge is 2.51. The summed E-state index contributed by atoms with van der Waals surface area (Å²) in [5.74, 6) is -0.740. The van der Waals surface area contributed by atoms with Crippen molar-refractivity contribution in [3.05, 3.63) is 0 Å². The smallest absolute Gasteiger partial charge is 0.407 e. The van der Waals surface area contributed by atoms with Crippen LogP contribution in [0.1, 0.15) is 40.0 Å². The Bertz CT molecular complexity index is 360. The minimum Gasteiger partial charge on any atom is -0.481 e. The van der Waals surface area contributed by atoms with Crippen LogP contribution in [0.2, 0.25) is 0 Å². The molecule has 2 N–H and O–H groups in total. The molecule has 0 aromatic rings. The molecule has 0 unspecified atom stereocenters. The van der Waals surface area contributed by atoms with Crippen molar-refractivity contribution < 1.29 is 19.4 Å². The molecule has 2 fully saturated rings. The van der Waals surface area contributed by atoms with Gasteiger partial charge in [0.25, 0.3) is 0 Å². The molecule has 4 atom stereocenters. The van der Waals surface area contributed by atoms with E-state index in [2.05, 4.69) is 5.32 Å². The molecule has 1 amide bonds. The summed E-state index contributed by atoms with van der Waals surface area (Å²) >= 11 is 0. The van der Waals surface area contributed by atoms with E-state index in [9.17, 15) is 14.7 Å². The van der Waals surface area contributed by atoms with E-state index in [4.69, 9.17) is 4.74 Å². The topological polar surface area (TPSA) is 75.6 Å². The van der Waals surface area contributed by atoms with Crippen molar-refractivity contribution in [2.75, 3.05) is 0 Å². The Morgan fingerprint density at radius 3 is 2.39 bits per heavy atom. The van der Waals surface area contributed by atoms with Gasteiger partial charge >= 0.3 is 12.1 Å². The zero-order valence-electron chi connectivity index (χ0n) is 11.1. The number of fused-ring (bicyclic) bond motifs is 2. The maximum Gasteiger partial charge on any atom is 0.407 e. The second kappa shape index (κ2) is 4.44. The van der Waals surface area contributed by atoms with E-state index < -0.39 is 23.6 Å². The molecule has 0 spiro atoms. The number of ether oxygens (including phenoxy) is 1. The summed E-state index contributed by atoms with van der Waals surface area (Å²) < 4.78 is 5.19. The van der Waals surface area contributed by atoms with E-state index in [0.717, 1.165) is 19.3 Å². The Hall–Kier alpha value is -1.26. The highest BCUT2D eigenvalue weighted by atomic mass is 16.6. The number of carboxylic acid groups (broad SMARTS) is 1. The van der Waals surface area contributed by atoms with Gasteiger partial charge in [-0.2, -0.15) is 0 Å². The number of rotatable bonds is 2. The van der Waals surface area contributed by atoms with E-state index in [0.29, 0.717) is 5.92 Å². The Labute approximate surface area is 107 Å². The standard InChI is InChI=1S/C13H21NO4/c1-13(2,3)18-12(17)14-10-8-5-4-7(6-8)9(10)11(15)16/h7-10H,4-6H2,1-3H3,(H,14,17)(H,15,16)/t7-,8-,9+,10+/m0/s1. The molecule has 102 valence electrons. The average molecular weight is 255 g/mol. The summed E-state index contributed by atoms with van der Waals surface area (Å²) in [6.45, 7) is 5.38. The van der Waals surface area contributed by atoms with Crippen LogP contribution in [0, 0.1) is 17.8 Å². The van der Waals surface area contributed by atoms with Crippen LogP contribution in [0.3, 0.4) is 0 Å². The number of carbonyl (C=O) groups excluding carboxylic acids is 1. The molecule has 2 rings (SSSR count). The molecular weight excluding hydrogens is 234 g/mol. The van der Waals surface area contributed by atoms with Crippen molar-refractivity contribution >= 4 is 12.1 Å². The second-order valence-corrected chi connectivity index (χ2v) is 6.37. The SMILES string of the molecule is CC(C)(C)OC(=O)N[C@@H]1[C@H]2CC[C@@H](C2)[C@H]1C(=O)O. The van der Waals surface area contributed by atoms with Crippen LogP contribution in [-0.4, -0.2) is 28.8 Å². The lowest BCUT2D eigenvalue weighted by molar-refractivity contribution is -0.144. The molecule has 0 radical (unpaired) electrons. The average Bonchev–Trinajstić information content (AvgIpc) is 2.73. The van der Waals surface area contributed by atoms with Gasteiger partial charge < -0.3 is 15.2 Å². The molecule has 2 aliphatic rings. The fourth-order valence-electron chi connectivity index (χ4n) is 3.30. The van der Waals surface area contributed by atoms with Crippen molar-refractivity contribution in [1.82, 2.24) is 5.32 Å². The van der Waals surface area contributed by atoms with E-state index in [-0.39, 0.29) is 12.0 Å². The van der Waals surface area contributed by atoms with Gasteiger partial charge in [0.05, 0.1) is 5.92 Å². The predicted octanol–water partition coefficient (Wildman–Crippen LogP) is 2.01. The van der Waals surface area contributed by atoms with Crippen LogP contribution in [-0.2, 0) is 9.53 Å². The number of aliphatic carboxylic acids is 1. The van der Waals surface area contributed by atoms with Crippen molar-refractivity contribution in [3.63, 3.8) is 0 Å². The van der Waals surface area contributed by atoms with Crippen LogP contribution in [0.15, 0.2) is 0 Å². The van der Waals surface area contributed by atoms with E-state index in [1.807, 2.05) is 0 Å². The molecule has 2 bridgehead atoms. The zero-order valence-corrected chi connectivity index (χ0v) is 11.1. The largest absolute Gasteiger partial charge is 0.481 e. The highest BCUT2D eigenvalue weighted by Crippen LogP contribution is 2.48. The summed E-state index contributed by atoms with van der Waals surface area (Å²) in [5, 5.41) is 12.0. The number of amides is 1. The quantitative estimate of drug-likeness (QED) is 0.791. The molecule has 5 nitrogen and oxygen atoms in total. The lowest BCUT2D eigenvalue weighted by atomic mass is 9.84. The Morgan fingerprint density at radius 2 is 1.83 bits per heavy atom. The molecule has 0 aliphatic heterocycles. The minimum absolute atomic E-state index is 0.215. The van der Waals surface area contributed by atoms with Crippen molar-refractivity contribution in [2.24, 2.45) is 17.8 Å². The predicted molar refractivity (Wildman–Crippen MR) is 65.1 cm³/mol. The Balaban J connectivity index is 2.00. The number of carboxylic acids is 1. The number of alkyl carbamates (subject to hydrolysis) is 1. The van der Waals surface area contributed by atoms with Crippen molar-refractivity contribution in [3.8, 4) is 0 Å². The zero-order chi connectivity index (χ0) is 13.5. The number of nitrogens with one attached hydrogen (secondary N) is 1. The summed E-state index contributed by atoms with van der Waals surface area (Å²) in [5.41, 5.74) is -0.555. The third-order valence-corrected chi connectivity index (χ3v) is 3.88. The van der Waals surface area contributed by atoms with Gasteiger partial charge in [-0.15, -0.1) is 0 Å². The second-order valence-electron chi connectivity index (χ2n) is 6.37. The third kappa shape index (κ3) is 2.60. The molecule has 5 heteroatoms. The number of hydrogen-bond donors (Lipinski definition) is 2.